The zero-order valence-corrected chi connectivity index (χ0v) is 11.2. The SMILES string of the molecule is Cn1nnc(Br)c1C(N)Cc1ccc(F)c(F)c1. The first-order valence-corrected chi connectivity index (χ1v) is 6.03. The van der Waals surface area contributed by atoms with Crippen LogP contribution in [-0.4, -0.2) is 15.0 Å². The van der Waals surface area contributed by atoms with Crippen LogP contribution in [0.15, 0.2) is 22.8 Å². The van der Waals surface area contributed by atoms with Gasteiger partial charge in [0.15, 0.2) is 16.2 Å². The van der Waals surface area contributed by atoms with Crippen molar-refractivity contribution in [3.05, 3.63) is 45.7 Å². The molecule has 1 aromatic carbocycles. The van der Waals surface area contributed by atoms with E-state index in [9.17, 15) is 8.78 Å². The molecule has 0 saturated carbocycles. The number of rotatable bonds is 3. The molecule has 96 valence electrons. The maximum absolute atomic E-state index is 13.1. The molecule has 1 unspecified atom stereocenters. The van der Waals surface area contributed by atoms with E-state index in [0.717, 1.165) is 12.1 Å². The number of hydrogen-bond donors (Lipinski definition) is 1. The molecule has 1 aromatic heterocycles. The molecule has 18 heavy (non-hydrogen) atoms. The molecule has 0 aliphatic carbocycles. The molecular weight excluding hydrogens is 306 g/mol. The van der Waals surface area contributed by atoms with E-state index < -0.39 is 17.7 Å². The van der Waals surface area contributed by atoms with E-state index in [1.54, 1.807) is 11.7 Å². The molecule has 1 atom stereocenters. The highest BCUT2D eigenvalue weighted by molar-refractivity contribution is 9.10. The van der Waals surface area contributed by atoms with Crippen LogP contribution in [-0.2, 0) is 13.5 Å². The van der Waals surface area contributed by atoms with Crippen LogP contribution >= 0.6 is 15.9 Å². The molecule has 0 saturated heterocycles. The van der Waals surface area contributed by atoms with Gasteiger partial charge >= 0.3 is 0 Å². The van der Waals surface area contributed by atoms with Gasteiger partial charge in [-0.05, 0) is 40.0 Å². The van der Waals surface area contributed by atoms with Crippen molar-refractivity contribution in [2.45, 2.75) is 12.5 Å². The predicted molar refractivity (Wildman–Crippen MR) is 65.7 cm³/mol. The summed E-state index contributed by atoms with van der Waals surface area (Å²) >= 11 is 3.25. The molecule has 0 spiro atoms. The van der Waals surface area contributed by atoms with E-state index in [2.05, 4.69) is 26.2 Å². The van der Waals surface area contributed by atoms with Gasteiger partial charge in [0.1, 0.15) is 0 Å². The number of aromatic nitrogens is 3. The number of aryl methyl sites for hydroxylation is 1. The van der Waals surface area contributed by atoms with Gasteiger partial charge in [0, 0.05) is 7.05 Å². The first kappa shape index (κ1) is 13.1. The van der Waals surface area contributed by atoms with Crippen LogP contribution in [0, 0.1) is 11.6 Å². The Morgan fingerprint density at radius 3 is 2.67 bits per heavy atom. The molecular formula is C11H11BrF2N4. The van der Waals surface area contributed by atoms with Gasteiger partial charge in [-0.25, -0.2) is 13.5 Å². The first-order chi connectivity index (χ1) is 8.49. The highest BCUT2D eigenvalue weighted by Crippen LogP contribution is 2.22. The molecule has 0 radical (unpaired) electrons. The van der Waals surface area contributed by atoms with Crippen molar-refractivity contribution < 1.29 is 8.78 Å². The van der Waals surface area contributed by atoms with Gasteiger partial charge in [-0.1, -0.05) is 11.3 Å². The second kappa shape index (κ2) is 5.11. The lowest BCUT2D eigenvalue weighted by atomic mass is 10.0. The van der Waals surface area contributed by atoms with Gasteiger partial charge in [-0.2, -0.15) is 0 Å². The average Bonchev–Trinajstić information content (AvgIpc) is 2.64. The molecule has 0 amide bonds. The molecule has 0 fully saturated rings. The maximum Gasteiger partial charge on any atom is 0.159 e. The minimum Gasteiger partial charge on any atom is -0.322 e. The number of nitrogens with two attached hydrogens (primary N) is 1. The monoisotopic (exact) mass is 316 g/mol. The van der Waals surface area contributed by atoms with E-state index >= 15 is 0 Å². The number of hydrogen-bond acceptors (Lipinski definition) is 3. The second-order valence-electron chi connectivity index (χ2n) is 3.95. The van der Waals surface area contributed by atoms with Crippen LogP contribution < -0.4 is 5.73 Å². The van der Waals surface area contributed by atoms with Gasteiger partial charge in [0.25, 0.3) is 0 Å². The molecule has 2 aromatic rings. The quantitative estimate of drug-likeness (QED) is 0.943. The minimum absolute atomic E-state index is 0.372. The largest absolute Gasteiger partial charge is 0.322 e. The van der Waals surface area contributed by atoms with Crippen LogP contribution in [0.1, 0.15) is 17.3 Å². The molecule has 0 aliphatic rings. The number of nitrogens with zero attached hydrogens (tertiary/aromatic N) is 3. The molecule has 0 aliphatic heterocycles. The first-order valence-electron chi connectivity index (χ1n) is 5.23. The topological polar surface area (TPSA) is 56.7 Å². The summed E-state index contributed by atoms with van der Waals surface area (Å²) in [7, 11) is 1.72. The fraction of sp³-hybridized carbons (Fsp3) is 0.273. The van der Waals surface area contributed by atoms with E-state index in [1.807, 2.05) is 0 Å². The Bertz CT molecular complexity index is 551. The molecule has 7 heteroatoms. The lowest BCUT2D eigenvalue weighted by molar-refractivity contribution is 0.505. The van der Waals surface area contributed by atoms with Crippen LogP contribution in [0.4, 0.5) is 8.78 Å². The van der Waals surface area contributed by atoms with Crippen molar-refractivity contribution in [1.29, 1.82) is 0 Å². The van der Waals surface area contributed by atoms with E-state index in [4.69, 9.17) is 5.73 Å². The molecule has 2 rings (SSSR count). The van der Waals surface area contributed by atoms with Crippen LogP contribution in [0.2, 0.25) is 0 Å². The van der Waals surface area contributed by atoms with Crippen molar-refractivity contribution in [1.82, 2.24) is 15.0 Å². The van der Waals surface area contributed by atoms with Crippen molar-refractivity contribution in [2.24, 2.45) is 12.8 Å². The lowest BCUT2D eigenvalue weighted by Crippen LogP contribution is -2.17. The van der Waals surface area contributed by atoms with Crippen LogP contribution in [0.5, 0.6) is 0 Å². The third-order valence-electron chi connectivity index (χ3n) is 2.62. The van der Waals surface area contributed by atoms with Crippen molar-refractivity contribution in [3.63, 3.8) is 0 Å². The molecule has 4 nitrogen and oxygen atoms in total. The summed E-state index contributed by atoms with van der Waals surface area (Å²) in [5, 5.41) is 7.64. The highest BCUT2D eigenvalue weighted by atomic mass is 79.9. The Labute approximate surface area is 111 Å². The fourth-order valence-electron chi connectivity index (χ4n) is 1.75. The third-order valence-corrected chi connectivity index (χ3v) is 3.18. The summed E-state index contributed by atoms with van der Waals surface area (Å²) in [6.07, 6.45) is 0.372. The Kier molecular flexibility index (Phi) is 3.72. The molecule has 0 bridgehead atoms. The maximum atomic E-state index is 13.1. The van der Waals surface area contributed by atoms with Gasteiger partial charge in [-0.3, -0.25) is 0 Å². The Balaban J connectivity index is 2.21. The van der Waals surface area contributed by atoms with Crippen LogP contribution in [0.3, 0.4) is 0 Å². The van der Waals surface area contributed by atoms with Gasteiger partial charge in [0.2, 0.25) is 0 Å². The van der Waals surface area contributed by atoms with Gasteiger partial charge < -0.3 is 5.73 Å². The summed E-state index contributed by atoms with van der Waals surface area (Å²) in [6.45, 7) is 0. The zero-order chi connectivity index (χ0) is 13.3. The number of benzene rings is 1. The van der Waals surface area contributed by atoms with Crippen LogP contribution in [0.25, 0.3) is 0 Å². The zero-order valence-electron chi connectivity index (χ0n) is 9.57. The highest BCUT2D eigenvalue weighted by Gasteiger charge is 2.17. The Morgan fingerprint density at radius 1 is 1.39 bits per heavy atom. The van der Waals surface area contributed by atoms with Crippen molar-refractivity contribution in [2.75, 3.05) is 0 Å². The van der Waals surface area contributed by atoms with Crippen molar-refractivity contribution >= 4 is 15.9 Å². The summed E-state index contributed by atoms with van der Waals surface area (Å²) in [5.74, 6) is -1.74. The standard InChI is InChI=1S/C11H11BrF2N4/c1-18-10(11(12)16-17-18)9(15)5-6-2-3-7(13)8(14)4-6/h2-4,9H,5,15H2,1H3. The summed E-state index contributed by atoms with van der Waals surface area (Å²) in [6, 6.07) is 3.35. The number of halogens is 3. The Morgan fingerprint density at radius 2 is 2.11 bits per heavy atom. The minimum atomic E-state index is -0.873. The summed E-state index contributed by atoms with van der Waals surface area (Å²) in [4.78, 5) is 0. The van der Waals surface area contributed by atoms with Gasteiger partial charge in [-0.15, -0.1) is 5.10 Å². The molecule has 2 N–H and O–H groups in total. The summed E-state index contributed by atoms with van der Waals surface area (Å²) in [5.41, 5.74) is 7.34. The van der Waals surface area contributed by atoms with Crippen molar-refractivity contribution in [3.8, 4) is 0 Å². The molecule has 1 heterocycles. The lowest BCUT2D eigenvalue weighted by Gasteiger charge is -2.12. The Hall–Kier alpha value is -1.34. The van der Waals surface area contributed by atoms with Gasteiger partial charge in [0.05, 0.1) is 11.7 Å². The second-order valence-corrected chi connectivity index (χ2v) is 4.70. The smallest absolute Gasteiger partial charge is 0.159 e. The normalized spacial score (nSPS) is 12.7. The van der Waals surface area contributed by atoms with E-state index in [-0.39, 0.29) is 0 Å². The fourth-order valence-corrected chi connectivity index (χ4v) is 2.37. The average molecular weight is 317 g/mol. The van der Waals surface area contributed by atoms with E-state index in [1.165, 1.54) is 6.07 Å². The van der Waals surface area contributed by atoms with E-state index in [0.29, 0.717) is 22.3 Å². The third kappa shape index (κ3) is 2.56. The predicted octanol–water partition coefficient (Wildman–Crippen LogP) is 2.10. The summed E-state index contributed by atoms with van der Waals surface area (Å²) < 4.78 is 28.0.